The molecule has 1 aromatic heterocycles. The monoisotopic (exact) mass is 245 g/mol. The van der Waals surface area contributed by atoms with E-state index in [9.17, 15) is 9.90 Å². The van der Waals surface area contributed by atoms with Gasteiger partial charge in [0.05, 0.1) is 6.42 Å². The van der Waals surface area contributed by atoms with E-state index in [0.717, 1.165) is 35.0 Å². The fourth-order valence-corrected chi connectivity index (χ4v) is 2.74. The number of aromatic hydroxyl groups is 1. The van der Waals surface area contributed by atoms with E-state index in [1.807, 2.05) is 25.1 Å². The van der Waals surface area contributed by atoms with Gasteiger partial charge in [-0.05, 0) is 31.9 Å². The minimum absolute atomic E-state index is 0.0927. The third-order valence-corrected chi connectivity index (χ3v) is 3.82. The van der Waals surface area contributed by atoms with Gasteiger partial charge in [-0.15, -0.1) is 0 Å². The van der Waals surface area contributed by atoms with Gasteiger partial charge in [0, 0.05) is 27.6 Å². The number of aromatic nitrogens is 1. The van der Waals surface area contributed by atoms with Crippen LogP contribution in [0.3, 0.4) is 0 Å². The Bertz CT molecular complexity index is 638. The highest BCUT2D eigenvalue weighted by Gasteiger charge is 2.47. The Kier molecular flexibility index (Phi) is 2.17. The molecule has 0 atom stereocenters. The number of carboxylic acids is 1. The van der Waals surface area contributed by atoms with Crippen molar-refractivity contribution in [3.63, 3.8) is 0 Å². The van der Waals surface area contributed by atoms with Gasteiger partial charge in [-0.1, -0.05) is 6.07 Å². The number of fused-ring (bicyclic) bond motifs is 1. The number of nitrogens with one attached hydrogen (secondary N) is 1. The molecule has 1 aliphatic carbocycles. The molecule has 0 aliphatic heterocycles. The molecule has 4 nitrogen and oxygen atoms in total. The summed E-state index contributed by atoms with van der Waals surface area (Å²) in [6, 6.07) is 5.66. The summed E-state index contributed by atoms with van der Waals surface area (Å²) < 4.78 is 0. The maximum absolute atomic E-state index is 10.9. The lowest BCUT2D eigenvalue weighted by atomic mass is 9.90. The van der Waals surface area contributed by atoms with E-state index >= 15 is 0 Å². The molecule has 4 heteroatoms. The third kappa shape index (κ3) is 1.56. The molecule has 3 rings (SSSR count). The highest BCUT2D eigenvalue weighted by molar-refractivity contribution is 5.88. The van der Waals surface area contributed by atoms with Crippen molar-refractivity contribution in [2.75, 3.05) is 0 Å². The SMILES string of the molecule is Cc1cc2c(O)c(C3(CC(=O)O)CC3)ccc2[nH]1. The lowest BCUT2D eigenvalue weighted by Crippen LogP contribution is -2.13. The standard InChI is InChI=1S/C14H15NO3/c1-8-6-9-11(15-8)3-2-10(13(9)18)14(4-5-14)7-12(16)17/h2-3,6,15,18H,4-5,7H2,1H3,(H,16,17). The summed E-state index contributed by atoms with van der Waals surface area (Å²) in [4.78, 5) is 14.1. The molecule has 1 aliphatic rings. The van der Waals surface area contributed by atoms with Gasteiger partial charge in [0.25, 0.3) is 0 Å². The van der Waals surface area contributed by atoms with Gasteiger partial charge in [0.15, 0.2) is 0 Å². The topological polar surface area (TPSA) is 73.3 Å². The van der Waals surface area contributed by atoms with Crippen LogP contribution in [-0.2, 0) is 10.2 Å². The van der Waals surface area contributed by atoms with Crippen molar-refractivity contribution in [1.29, 1.82) is 0 Å². The van der Waals surface area contributed by atoms with E-state index < -0.39 is 5.97 Å². The number of H-pyrrole nitrogens is 1. The molecule has 1 saturated carbocycles. The second-order valence-corrected chi connectivity index (χ2v) is 5.23. The molecule has 1 heterocycles. The first-order chi connectivity index (χ1) is 8.52. The Labute approximate surface area is 104 Å². The first kappa shape index (κ1) is 11.1. The molecule has 94 valence electrons. The van der Waals surface area contributed by atoms with E-state index in [2.05, 4.69) is 4.98 Å². The first-order valence-electron chi connectivity index (χ1n) is 6.05. The highest BCUT2D eigenvalue weighted by atomic mass is 16.4. The molecule has 0 spiro atoms. The Morgan fingerprint density at radius 3 is 2.78 bits per heavy atom. The quantitative estimate of drug-likeness (QED) is 0.778. The fraction of sp³-hybridized carbons (Fsp3) is 0.357. The van der Waals surface area contributed by atoms with Crippen molar-refractivity contribution in [3.8, 4) is 5.75 Å². The average Bonchev–Trinajstić information content (AvgIpc) is 2.92. The van der Waals surface area contributed by atoms with Crippen LogP contribution in [0.25, 0.3) is 10.9 Å². The highest BCUT2D eigenvalue weighted by Crippen LogP contribution is 2.54. The predicted molar refractivity (Wildman–Crippen MR) is 67.9 cm³/mol. The van der Waals surface area contributed by atoms with E-state index in [0.29, 0.717) is 0 Å². The molecule has 18 heavy (non-hydrogen) atoms. The van der Waals surface area contributed by atoms with Crippen molar-refractivity contribution in [1.82, 2.24) is 4.98 Å². The molecular formula is C14H15NO3. The number of aromatic amines is 1. The second kappa shape index (κ2) is 3.51. The van der Waals surface area contributed by atoms with Gasteiger partial charge in [0.2, 0.25) is 0 Å². The summed E-state index contributed by atoms with van der Waals surface area (Å²) in [5.74, 6) is -0.576. The number of hydrogen-bond donors (Lipinski definition) is 3. The molecule has 0 amide bonds. The molecule has 1 fully saturated rings. The summed E-state index contributed by atoms with van der Waals surface area (Å²) in [6.07, 6.45) is 1.76. The molecule has 0 saturated heterocycles. The van der Waals surface area contributed by atoms with E-state index in [-0.39, 0.29) is 17.6 Å². The molecule has 0 bridgehead atoms. The minimum atomic E-state index is -0.808. The second-order valence-electron chi connectivity index (χ2n) is 5.23. The van der Waals surface area contributed by atoms with Crippen molar-refractivity contribution < 1.29 is 15.0 Å². The normalized spacial score (nSPS) is 16.9. The van der Waals surface area contributed by atoms with Crippen LogP contribution >= 0.6 is 0 Å². The zero-order valence-corrected chi connectivity index (χ0v) is 10.2. The summed E-state index contributed by atoms with van der Waals surface area (Å²) in [7, 11) is 0. The number of aliphatic carboxylic acids is 1. The average molecular weight is 245 g/mol. The smallest absolute Gasteiger partial charge is 0.304 e. The number of phenolic OH excluding ortho intramolecular Hbond substituents is 1. The van der Waals surface area contributed by atoms with Crippen LogP contribution in [-0.4, -0.2) is 21.2 Å². The van der Waals surface area contributed by atoms with Crippen molar-refractivity contribution in [2.45, 2.75) is 31.6 Å². The van der Waals surface area contributed by atoms with Crippen LogP contribution in [0.1, 0.15) is 30.5 Å². The van der Waals surface area contributed by atoms with Gasteiger partial charge in [0.1, 0.15) is 5.75 Å². The number of carbonyl (C=O) groups is 1. The molecular weight excluding hydrogens is 230 g/mol. The summed E-state index contributed by atoms with van der Waals surface area (Å²) in [5.41, 5.74) is 2.30. The number of hydrogen-bond acceptors (Lipinski definition) is 2. The van der Waals surface area contributed by atoms with E-state index in [4.69, 9.17) is 5.11 Å². The number of phenols is 1. The van der Waals surface area contributed by atoms with Crippen LogP contribution in [0.15, 0.2) is 18.2 Å². The Morgan fingerprint density at radius 2 is 2.17 bits per heavy atom. The molecule has 1 aromatic carbocycles. The van der Waals surface area contributed by atoms with Crippen LogP contribution in [0, 0.1) is 6.92 Å². The van der Waals surface area contributed by atoms with Gasteiger partial charge in [-0.3, -0.25) is 4.79 Å². The maximum atomic E-state index is 10.9. The summed E-state index contributed by atoms with van der Waals surface area (Å²) in [5, 5.41) is 20.1. The summed E-state index contributed by atoms with van der Waals surface area (Å²) in [6.45, 7) is 1.93. The van der Waals surface area contributed by atoms with Crippen LogP contribution < -0.4 is 0 Å². The van der Waals surface area contributed by atoms with E-state index in [1.165, 1.54) is 0 Å². The number of aryl methyl sites for hydroxylation is 1. The van der Waals surface area contributed by atoms with Crippen LogP contribution in [0.5, 0.6) is 5.75 Å². The Morgan fingerprint density at radius 1 is 1.44 bits per heavy atom. The fourth-order valence-electron chi connectivity index (χ4n) is 2.74. The number of carboxylic acid groups (broad SMARTS) is 1. The zero-order chi connectivity index (χ0) is 12.9. The molecule has 3 N–H and O–H groups in total. The van der Waals surface area contributed by atoms with E-state index in [1.54, 1.807) is 0 Å². The first-order valence-corrected chi connectivity index (χ1v) is 6.05. The minimum Gasteiger partial charge on any atom is -0.507 e. The lowest BCUT2D eigenvalue weighted by molar-refractivity contribution is -0.137. The van der Waals surface area contributed by atoms with Crippen LogP contribution in [0.2, 0.25) is 0 Å². The van der Waals surface area contributed by atoms with Crippen molar-refractivity contribution in [2.24, 2.45) is 0 Å². The number of benzene rings is 1. The molecule has 0 radical (unpaired) electrons. The Hall–Kier alpha value is -1.97. The maximum Gasteiger partial charge on any atom is 0.304 e. The molecule has 0 unspecified atom stereocenters. The van der Waals surface area contributed by atoms with Crippen LogP contribution in [0.4, 0.5) is 0 Å². The zero-order valence-electron chi connectivity index (χ0n) is 10.2. The van der Waals surface area contributed by atoms with Crippen molar-refractivity contribution in [3.05, 3.63) is 29.5 Å². The lowest BCUT2D eigenvalue weighted by Gasteiger charge is -2.15. The van der Waals surface area contributed by atoms with Crippen molar-refractivity contribution >= 4 is 16.9 Å². The molecule has 2 aromatic rings. The third-order valence-electron chi connectivity index (χ3n) is 3.82. The Balaban J connectivity index is 2.12. The predicted octanol–water partition coefficient (Wildman–Crippen LogP) is 2.69. The largest absolute Gasteiger partial charge is 0.507 e. The van der Waals surface area contributed by atoms with Gasteiger partial charge < -0.3 is 15.2 Å². The summed E-state index contributed by atoms with van der Waals surface area (Å²) >= 11 is 0. The van der Waals surface area contributed by atoms with Gasteiger partial charge >= 0.3 is 5.97 Å². The van der Waals surface area contributed by atoms with Gasteiger partial charge in [-0.25, -0.2) is 0 Å². The van der Waals surface area contributed by atoms with Gasteiger partial charge in [-0.2, -0.15) is 0 Å². The number of rotatable bonds is 3.